The SMILES string of the molecule is COc1ccc(-c2c[nH]c(=O)cc2C(=O)O)cc1OC. The van der Waals surface area contributed by atoms with Crippen LogP contribution < -0.4 is 15.0 Å². The van der Waals surface area contributed by atoms with Crippen molar-refractivity contribution in [3.8, 4) is 22.6 Å². The number of ether oxygens (including phenoxy) is 2. The number of carbonyl (C=O) groups is 1. The van der Waals surface area contributed by atoms with Gasteiger partial charge in [-0.1, -0.05) is 6.07 Å². The molecule has 0 amide bonds. The van der Waals surface area contributed by atoms with Gasteiger partial charge in [0.15, 0.2) is 11.5 Å². The molecule has 0 unspecified atom stereocenters. The van der Waals surface area contributed by atoms with Gasteiger partial charge in [-0.15, -0.1) is 0 Å². The van der Waals surface area contributed by atoms with Gasteiger partial charge in [-0.05, 0) is 17.7 Å². The van der Waals surface area contributed by atoms with Gasteiger partial charge in [0, 0.05) is 17.8 Å². The number of aromatic amines is 1. The van der Waals surface area contributed by atoms with Crippen LogP contribution in [0.25, 0.3) is 11.1 Å². The predicted molar refractivity (Wildman–Crippen MR) is 72.6 cm³/mol. The average Bonchev–Trinajstić information content (AvgIpc) is 2.46. The van der Waals surface area contributed by atoms with Crippen molar-refractivity contribution >= 4 is 5.97 Å². The van der Waals surface area contributed by atoms with E-state index in [2.05, 4.69) is 4.98 Å². The number of benzene rings is 1. The van der Waals surface area contributed by atoms with Crippen molar-refractivity contribution in [1.29, 1.82) is 0 Å². The molecule has 104 valence electrons. The Morgan fingerprint density at radius 1 is 1.15 bits per heavy atom. The van der Waals surface area contributed by atoms with Crippen molar-refractivity contribution in [2.45, 2.75) is 0 Å². The van der Waals surface area contributed by atoms with Crippen LogP contribution in [0.1, 0.15) is 10.4 Å². The van der Waals surface area contributed by atoms with E-state index in [9.17, 15) is 9.59 Å². The molecule has 0 spiro atoms. The predicted octanol–water partition coefficient (Wildman–Crippen LogP) is 1.76. The quantitative estimate of drug-likeness (QED) is 0.887. The molecule has 6 heteroatoms. The monoisotopic (exact) mass is 275 g/mol. The Hall–Kier alpha value is -2.76. The maximum absolute atomic E-state index is 11.2. The van der Waals surface area contributed by atoms with E-state index >= 15 is 0 Å². The van der Waals surface area contributed by atoms with Crippen molar-refractivity contribution in [1.82, 2.24) is 4.98 Å². The minimum absolute atomic E-state index is 0.0685. The molecule has 1 aromatic carbocycles. The highest BCUT2D eigenvalue weighted by atomic mass is 16.5. The standard InChI is InChI=1S/C14H13NO5/c1-19-11-4-3-8(5-12(11)20-2)10-7-15-13(16)6-9(10)14(17)18/h3-7H,1-2H3,(H,15,16)(H,17,18). The Balaban J connectivity index is 2.62. The molecular weight excluding hydrogens is 262 g/mol. The highest BCUT2D eigenvalue weighted by Crippen LogP contribution is 2.33. The summed E-state index contributed by atoms with van der Waals surface area (Å²) in [5.74, 6) is -0.147. The first kappa shape index (κ1) is 13.7. The molecule has 0 aliphatic rings. The van der Waals surface area contributed by atoms with Gasteiger partial charge in [0.2, 0.25) is 5.56 Å². The highest BCUT2D eigenvalue weighted by molar-refractivity contribution is 5.95. The molecule has 1 aromatic heterocycles. The molecule has 6 nitrogen and oxygen atoms in total. The van der Waals surface area contributed by atoms with E-state index in [1.54, 1.807) is 18.2 Å². The fraction of sp³-hybridized carbons (Fsp3) is 0.143. The van der Waals surface area contributed by atoms with E-state index in [4.69, 9.17) is 14.6 Å². The first-order valence-electron chi connectivity index (χ1n) is 5.75. The second kappa shape index (κ2) is 5.48. The number of methoxy groups -OCH3 is 2. The maximum atomic E-state index is 11.2. The molecule has 0 aliphatic heterocycles. The molecule has 0 aliphatic carbocycles. The van der Waals surface area contributed by atoms with E-state index in [0.717, 1.165) is 6.07 Å². The Labute approximate surface area is 114 Å². The summed E-state index contributed by atoms with van der Waals surface area (Å²) in [5.41, 5.74) is 0.474. The first-order chi connectivity index (χ1) is 9.56. The molecule has 2 rings (SSSR count). The molecular formula is C14H13NO5. The van der Waals surface area contributed by atoms with Gasteiger partial charge in [0.1, 0.15) is 0 Å². The zero-order chi connectivity index (χ0) is 14.7. The van der Waals surface area contributed by atoms with Crippen LogP contribution in [0.5, 0.6) is 11.5 Å². The van der Waals surface area contributed by atoms with Crippen molar-refractivity contribution in [3.05, 3.63) is 46.4 Å². The van der Waals surface area contributed by atoms with Gasteiger partial charge in [0.05, 0.1) is 19.8 Å². The third-order valence-electron chi connectivity index (χ3n) is 2.85. The number of rotatable bonds is 4. The topological polar surface area (TPSA) is 88.6 Å². The Morgan fingerprint density at radius 2 is 1.85 bits per heavy atom. The van der Waals surface area contributed by atoms with Crippen LogP contribution in [-0.4, -0.2) is 30.3 Å². The normalized spacial score (nSPS) is 10.1. The maximum Gasteiger partial charge on any atom is 0.336 e. The summed E-state index contributed by atoms with van der Waals surface area (Å²) >= 11 is 0. The van der Waals surface area contributed by atoms with E-state index < -0.39 is 11.5 Å². The molecule has 0 saturated heterocycles. The van der Waals surface area contributed by atoms with Gasteiger partial charge < -0.3 is 19.6 Å². The second-order valence-electron chi connectivity index (χ2n) is 4.00. The largest absolute Gasteiger partial charge is 0.493 e. The second-order valence-corrected chi connectivity index (χ2v) is 4.00. The highest BCUT2D eigenvalue weighted by Gasteiger charge is 2.14. The number of carboxylic acid groups (broad SMARTS) is 1. The summed E-state index contributed by atoms with van der Waals surface area (Å²) in [6.07, 6.45) is 1.37. The molecule has 0 bridgehead atoms. The third-order valence-corrected chi connectivity index (χ3v) is 2.85. The molecule has 0 saturated carbocycles. The lowest BCUT2D eigenvalue weighted by molar-refractivity contribution is 0.0697. The zero-order valence-corrected chi connectivity index (χ0v) is 11.0. The van der Waals surface area contributed by atoms with E-state index in [0.29, 0.717) is 22.6 Å². The molecule has 0 fully saturated rings. The van der Waals surface area contributed by atoms with Gasteiger partial charge in [0.25, 0.3) is 0 Å². The molecule has 20 heavy (non-hydrogen) atoms. The van der Waals surface area contributed by atoms with Gasteiger partial charge in [-0.3, -0.25) is 4.79 Å². The van der Waals surface area contributed by atoms with Gasteiger partial charge >= 0.3 is 5.97 Å². The summed E-state index contributed by atoms with van der Waals surface area (Å²) in [6.45, 7) is 0. The Kier molecular flexibility index (Phi) is 3.74. The molecule has 1 heterocycles. The van der Waals surface area contributed by atoms with Gasteiger partial charge in [-0.2, -0.15) is 0 Å². The number of aromatic nitrogens is 1. The summed E-state index contributed by atoms with van der Waals surface area (Å²) < 4.78 is 10.3. The van der Waals surface area contributed by atoms with Crippen molar-refractivity contribution in [2.24, 2.45) is 0 Å². The average molecular weight is 275 g/mol. The zero-order valence-electron chi connectivity index (χ0n) is 11.0. The minimum atomic E-state index is -1.17. The smallest absolute Gasteiger partial charge is 0.336 e. The van der Waals surface area contributed by atoms with Crippen LogP contribution in [0.15, 0.2) is 35.3 Å². The van der Waals surface area contributed by atoms with Crippen LogP contribution >= 0.6 is 0 Å². The molecule has 2 aromatic rings. The van der Waals surface area contributed by atoms with Crippen LogP contribution in [0.2, 0.25) is 0 Å². The number of H-pyrrole nitrogens is 1. The van der Waals surface area contributed by atoms with E-state index in [-0.39, 0.29) is 5.56 Å². The molecule has 0 radical (unpaired) electrons. The van der Waals surface area contributed by atoms with Crippen LogP contribution in [0.3, 0.4) is 0 Å². The first-order valence-corrected chi connectivity index (χ1v) is 5.75. The Morgan fingerprint density at radius 3 is 2.45 bits per heavy atom. The summed E-state index contributed by atoms with van der Waals surface area (Å²) in [6, 6.07) is 6.07. The lowest BCUT2D eigenvalue weighted by Gasteiger charge is -2.11. The summed E-state index contributed by atoms with van der Waals surface area (Å²) in [5, 5.41) is 9.17. The lowest BCUT2D eigenvalue weighted by atomic mass is 10.0. The summed E-state index contributed by atoms with van der Waals surface area (Å²) in [4.78, 5) is 24.9. The number of aromatic carboxylic acids is 1. The van der Waals surface area contributed by atoms with Crippen LogP contribution in [-0.2, 0) is 0 Å². The number of nitrogens with one attached hydrogen (secondary N) is 1. The van der Waals surface area contributed by atoms with Crippen molar-refractivity contribution < 1.29 is 19.4 Å². The lowest BCUT2D eigenvalue weighted by Crippen LogP contribution is -2.10. The minimum Gasteiger partial charge on any atom is -0.493 e. The van der Waals surface area contributed by atoms with Crippen molar-refractivity contribution in [3.63, 3.8) is 0 Å². The van der Waals surface area contributed by atoms with Crippen molar-refractivity contribution in [2.75, 3.05) is 14.2 Å². The fourth-order valence-corrected chi connectivity index (χ4v) is 1.89. The number of hydrogen-bond donors (Lipinski definition) is 2. The number of hydrogen-bond acceptors (Lipinski definition) is 4. The third kappa shape index (κ3) is 2.49. The van der Waals surface area contributed by atoms with Crippen LogP contribution in [0, 0.1) is 0 Å². The number of pyridine rings is 1. The molecule has 2 N–H and O–H groups in total. The fourth-order valence-electron chi connectivity index (χ4n) is 1.89. The molecule has 0 atom stereocenters. The number of carboxylic acids is 1. The Bertz CT molecular complexity index is 705. The van der Waals surface area contributed by atoms with E-state index in [1.807, 2.05) is 0 Å². The van der Waals surface area contributed by atoms with Gasteiger partial charge in [-0.25, -0.2) is 4.79 Å². The van der Waals surface area contributed by atoms with E-state index in [1.165, 1.54) is 20.4 Å². The van der Waals surface area contributed by atoms with Crippen LogP contribution in [0.4, 0.5) is 0 Å². The summed E-state index contributed by atoms with van der Waals surface area (Å²) in [7, 11) is 3.01.